The molecule has 3 rings (SSSR count). The molecule has 2 fully saturated rings. The maximum absolute atomic E-state index is 12.4. The van der Waals surface area contributed by atoms with E-state index in [2.05, 4.69) is 41.6 Å². The van der Waals surface area contributed by atoms with Crippen molar-refractivity contribution in [2.45, 2.75) is 52.1 Å². The van der Waals surface area contributed by atoms with Gasteiger partial charge in [0, 0.05) is 11.4 Å². The number of amides is 1. The van der Waals surface area contributed by atoms with Gasteiger partial charge in [0.05, 0.1) is 6.54 Å². The average molecular weight is 306 g/mol. The van der Waals surface area contributed by atoms with Gasteiger partial charge in [0.15, 0.2) is 0 Å². The third-order valence-corrected chi connectivity index (χ3v) is 5.83. The molecular formula is C17H26N2OS. The lowest BCUT2D eigenvalue weighted by Crippen LogP contribution is -2.40. The molecule has 2 heterocycles. The highest BCUT2D eigenvalue weighted by Crippen LogP contribution is 2.45. The van der Waals surface area contributed by atoms with Crippen LogP contribution in [0.4, 0.5) is 0 Å². The van der Waals surface area contributed by atoms with E-state index >= 15 is 0 Å². The van der Waals surface area contributed by atoms with Gasteiger partial charge >= 0.3 is 0 Å². The van der Waals surface area contributed by atoms with Crippen LogP contribution >= 0.6 is 11.3 Å². The van der Waals surface area contributed by atoms with Crippen molar-refractivity contribution in [3.05, 3.63) is 22.4 Å². The smallest absolute Gasteiger partial charge is 0.238 e. The van der Waals surface area contributed by atoms with Crippen LogP contribution in [0.3, 0.4) is 0 Å². The van der Waals surface area contributed by atoms with Gasteiger partial charge in [-0.2, -0.15) is 0 Å². The van der Waals surface area contributed by atoms with Gasteiger partial charge in [0.25, 0.3) is 0 Å². The highest BCUT2D eigenvalue weighted by Gasteiger charge is 2.41. The summed E-state index contributed by atoms with van der Waals surface area (Å²) in [6.45, 7) is 6.03. The number of rotatable bonds is 5. The molecular weight excluding hydrogens is 280 g/mol. The third-order valence-electron chi connectivity index (χ3n) is 4.90. The number of nitrogens with zero attached hydrogens (tertiary/aromatic N) is 1. The molecule has 1 atom stereocenters. The maximum Gasteiger partial charge on any atom is 0.238 e. The largest absolute Gasteiger partial charge is 0.320 e. The molecule has 1 aliphatic heterocycles. The highest BCUT2D eigenvalue weighted by atomic mass is 32.1. The molecule has 0 spiro atoms. The van der Waals surface area contributed by atoms with Gasteiger partial charge in [0.2, 0.25) is 5.91 Å². The first-order valence-electron chi connectivity index (χ1n) is 8.16. The van der Waals surface area contributed by atoms with E-state index in [0.717, 1.165) is 6.54 Å². The van der Waals surface area contributed by atoms with Crippen LogP contribution in [0, 0.1) is 11.3 Å². The second-order valence-electron chi connectivity index (χ2n) is 7.13. The summed E-state index contributed by atoms with van der Waals surface area (Å²) in [5.41, 5.74) is 0.353. The molecule has 1 aromatic rings. The Bertz CT molecular complexity index is 477. The minimum absolute atomic E-state index is 0.0992. The fraction of sp³-hybridized carbons (Fsp3) is 0.706. The summed E-state index contributed by atoms with van der Waals surface area (Å²) in [5.74, 6) is 0.970. The normalized spacial score (nSPS) is 25.2. The number of carbonyl (C=O) groups is 1. The van der Waals surface area contributed by atoms with Crippen LogP contribution in [0.2, 0.25) is 0 Å². The summed E-state index contributed by atoms with van der Waals surface area (Å²) in [6, 6.07) is 4.21. The molecule has 116 valence electrons. The van der Waals surface area contributed by atoms with E-state index in [4.69, 9.17) is 0 Å². The van der Waals surface area contributed by atoms with Crippen LogP contribution in [0.5, 0.6) is 0 Å². The number of thiophene rings is 1. The minimum Gasteiger partial charge on any atom is -0.320 e. The zero-order valence-electron chi connectivity index (χ0n) is 13.1. The summed E-state index contributed by atoms with van der Waals surface area (Å²) in [7, 11) is 0. The Morgan fingerprint density at radius 3 is 2.81 bits per heavy atom. The Morgan fingerprint density at radius 2 is 2.19 bits per heavy atom. The molecule has 1 saturated carbocycles. The van der Waals surface area contributed by atoms with Gasteiger partial charge in [-0.15, -0.1) is 11.3 Å². The van der Waals surface area contributed by atoms with Gasteiger partial charge in [-0.05, 0) is 42.0 Å². The summed E-state index contributed by atoms with van der Waals surface area (Å²) in [4.78, 5) is 15.7. The van der Waals surface area contributed by atoms with Crippen molar-refractivity contribution in [1.29, 1.82) is 0 Å². The molecule has 1 aromatic heterocycles. The lowest BCUT2D eigenvalue weighted by molar-refractivity contribution is -0.129. The molecule has 3 nitrogen and oxygen atoms in total. The topological polar surface area (TPSA) is 32.3 Å². The fourth-order valence-corrected chi connectivity index (χ4v) is 5.01. The molecule has 4 heteroatoms. The van der Waals surface area contributed by atoms with E-state index in [-0.39, 0.29) is 12.1 Å². The predicted octanol–water partition coefficient (Wildman–Crippen LogP) is 3.79. The first-order valence-corrected chi connectivity index (χ1v) is 9.04. The monoisotopic (exact) mass is 306 g/mol. The zero-order valence-corrected chi connectivity index (χ0v) is 13.9. The Labute approximate surface area is 131 Å². The van der Waals surface area contributed by atoms with Crippen molar-refractivity contribution < 1.29 is 4.79 Å². The molecule has 1 aliphatic carbocycles. The lowest BCUT2D eigenvalue weighted by atomic mass is 9.78. The van der Waals surface area contributed by atoms with Crippen molar-refractivity contribution in [1.82, 2.24) is 10.2 Å². The van der Waals surface area contributed by atoms with Crippen molar-refractivity contribution in [2.24, 2.45) is 11.3 Å². The van der Waals surface area contributed by atoms with E-state index < -0.39 is 0 Å². The minimum atomic E-state index is 0.0992. The molecule has 1 N–H and O–H groups in total. The van der Waals surface area contributed by atoms with E-state index in [1.54, 1.807) is 11.3 Å². The molecule has 2 aliphatic rings. The van der Waals surface area contributed by atoms with Crippen molar-refractivity contribution in [3.8, 4) is 0 Å². The Kier molecular flexibility index (Phi) is 4.36. The van der Waals surface area contributed by atoms with Gasteiger partial charge in [0.1, 0.15) is 6.17 Å². The van der Waals surface area contributed by atoms with Gasteiger partial charge in [-0.1, -0.05) is 32.8 Å². The first-order chi connectivity index (χ1) is 10.1. The van der Waals surface area contributed by atoms with E-state index in [1.165, 1.54) is 37.0 Å². The molecule has 1 unspecified atom stereocenters. The lowest BCUT2D eigenvalue weighted by Gasteiger charge is -2.37. The van der Waals surface area contributed by atoms with Gasteiger partial charge < -0.3 is 4.90 Å². The fourth-order valence-electron chi connectivity index (χ4n) is 4.20. The van der Waals surface area contributed by atoms with E-state index in [1.807, 2.05) is 0 Å². The van der Waals surface area contributed by atoms with Crippen LogP contribution in [0.1, 0.15) is 57.0 Å². The second-order valence-corrected chi connectivity index (χ2v) is 8.10. The van der Waals surface area contributed by atoms with Gasteiger partial charge in [-0.3, -0.25) is 10.1 Å². The van der Waals surface area contributed by atoms with Crippen molar-refractivity contribution in [3.63, 3.8) is 0 Å². The van der Waals surface area contributed by atoms with Crippen LogP contribution in [0.25, 0.3) is 0 Å². The van der Waals surface area contributed by atoms with E-state index in [0.29, 0.717) is 17.9 Å². The standard InChI is InChI=1S/C17H26N2OS/c1-13(2)10-17(7-3-4-8-17)12-19-15(20)11-18-16(19)14-6-5-9-21-14/h5-6,9,13,16,18H,3-4,7-8,10-12H2,1-2H3. The SMILES string of the molecule is CC(C)CC1(CN2C(=O)CNC2c2cccs2)CCCC1. The molecule has 0 bridgehead atoms. The average Bonchev–Trinajstić information content (AvgIpc) is 3.13. The number of nitrogens with one attached hydrogen (secondary N) is 1. The maximum atomic E-state index is 12.4. The van der Waals surface area contributed by atoms with Crippen LogP contribution in [-0.2, 0) is 4.79 Å². The van der Waals surface area contributed by atoms with Gasteiger partial charge in [-0.25, -0.2) is 0 Å². The summed E-state index contributed by atoms with van der Waals surface area (Å²) >= 11 is 1.74. The Hall–Kier alpha value is -0.870. The van der Waals surface area contributed by atoms with Crippen molar-refractivity contribution in [2.75, 3.05) is 13.1 Å². The summed E-state index contributed by atoms with van der Waals surface area (Å²) < 4.78 is 0. The number of hydrogen-bond donors (Lipinski definition) is 1. The predicted molar refractivity (Wildman–Crippen MR) is 87.1 cm³/mol. The molecule has 0 radical (unpaired) electrons. The summed E-state index contributed by atoms with van der Waals surface area (Å²) in [6.07, 6.45) is 6.56. The van der Waals surface area contributed by atoms with Crippen LogP contribution in [-0.4, -0.2) is 23.9 Å². The highest BCUT2D eigenvalue weighted by molar-refractivity contribution is 7.10. The first kappa shape index (κ1) is 15.0. The quantitative estimate of drug-likeness (QED) is 0.898. The van der Waals surface area contributed by atoms with E-state index in [9.17, 15) is 4.79 Å². The van der Waals surface area contributed by atoms with Crippen LogP contribution < -0.4 is 5.32 Å². The molecule has 21 heavy (non-hydrogen) atoms. The van der Waals surface area contributed by atoms with Crippen LogP contribution in [0.15, 0.2) is 17.5 Å². The molecule has 1 amide bonds. The Balaban J connectivity index is 1.78. The molecule has 0 aromatic carbocycles. The third kappa shape index (κ3) is 3.16. The number of hydrogen-bond acceptors (Lipinski definition) is 3. The zero-order chi connectivity index (χ0) is 14.9. The van der Waals surface area contributed by atoms with Crippen molar-refractivity contribution >= 4 is 17.2 Å². The second kappa shape index (κ2) is 6.09. The molecule has 1 saturated heterocycles. The Morgan fingerprint density at radius 1 is 1.43 bits per heavy atom. The number of carbonyl (C=O) groups excluding carboxylic acids is 1. The summed E-state index contributed by atoms with van der Waals surface area (Å²) in [5, 5.41) is 5.48.